The van der Waals surface area contributed by atoms with Crippen molar-refractivity contribution in [1.82, 2.24) is 0 Å². The van der Waals surface area contributed by atoms with Gasteiger partial charge in [-0.05, 0) is 17.0 Å². The molecule has 1 aliphatic carbocycles. The number of hydrogen-bond donors (Lipinski definition) is 2. The number of fused-ring (bicyclic) bond motifs is 2. The van der Waals surface area contributed by atoms with Crippen LogP contribution in [-0.4, -0.2) is 33.7 Å². The summed E-state index contributed by atoms with van der Waals surface area (Å²) in [5.74, 6) is -4.14. The molecule has 0 aliphatic heterocycles. The number of ketones is 2. The largest absolute Gasteiger partial charge is 0.478 e. The zero-order valence-electron chi connectivity index (χ0n) is 14.4. The Morgan fingerprint density at radius 2 is 1.31 bits per heavy atom. The highest BCUT2D eigenvalue weighted by Crippen LogP contribution is 2.37. The Labute approximate surface area is 149 Å². The van der Waals surface area contributed by atoms with Crippen LogP contribution in [-0.2, 0) is 5.41 Å². The lowest BCUT2D eigenvalue weighted by atomic mass is 9.74. The molecular weight excluding hydrogens is 336 g/mol. The van der Waals surface area contributed by atoms with Crippen molar-refractivity contribution in [3.8, 4) is 0 Å². The lowest BCUT2D eigenvalue weighted by Gasteiger charge is -2.27. The van der Waals surface area contributed by atoms with Crippen molar-refractivity contribution < 1.29 is 29.4 Å². The van der Waals surface area contributed by atoms with E-state index in [1.807, 2.05) is 0 Å². The average molecular weight is 352 g/mol. The van der Waals surface area contributed by atoms with E-state index in [0.717, 1.165) is 0 Å². The molecule has 0 saturated heterocycles. The maximum Gasteiger partial charge on any atom is 0.337 e. The smallest absolute Gasteiger partial charge is 0.337 e. The van der Waals surface area contributed by atoms with Gasteiger partial charge in [0, 0.05) is 22.3 Å². The number of hydrogen-bond acceptors (Lipinski definition) is 4. The molecule has 0 heterocycles. The van der Waals surface area contributed by atoms with Crippen molar-refractivity contribution in [3.05, 3.63) is 69.3 Å². The maximum absolute atomic E-state index is 12.9. The van der Waals surface area contributed by atoms with Gasteiger partial charge in [-0.3, -0.25) is 9.59 Å². The van der Waals surface area contributed by atoms with E-state index in [1.54, 1.807) is 32.9 Å². The molecule has 0 amide bonds. The molecule has 0 aromatic heterocycles. The molecule has 132 valence electrons. The van der Waals surface area contributed by atoms with Gasteiger partial charge < -0.3 is 10.2 Å². The number of carboxylic acid groups (broad SMARTS) is 2. The van der Waals surface area contributed by atoms with Gasteiger partial charge in [0.25, 0.3) is 0 Å². The van der Waals surface area contributed by atoms with Crippen LogP contribution in [0.5, 0.6) is 0 Å². The number of rotatable bonds is 2. The van der Waals surface area contributed by atoms with E-state index in [4.69, 9.17) is 0 Å². The molecular formula is C20H16O6. The van der Waals surface area contributed by atoms with Gasteiger partial charge in [-0.15, -0.1) is 0 Å². The number of carbonyl (C=O) groups excluding carboxylic acids is 2. The van der Waals surface area contributed by atoms with Gasteiger partial charge in [-0.1, -0.05) is 45.0 Å². The zero-order valence-corrected chi connectivity index (χ0v) is 14.4. The highest BCUT2D eigenvalue weighted by Gasteiger charge is 2.39. The van der Waals surface area contributed by atoms with Crippen LogP contribution in [0.15, 0.2) is 30.3 Å². The summed E-state index contributed by atoms with van der Waals surface area (Å²) >= 11 is 0. The molecule has 2 N–H and O–H groups in total. The van der Waals surface area contributed by atoms with Gasteiger partial charge in [0.2, 0.25) is 0 Å². The second kappa shape index (κ2) is 5.62. The minimum absolute atomic E-state index is 0.0685. The normalized spacial score (nSPS) is 13.2. The molecule has 6 heteroatoms. The molecule has 1 aliphatic rings. The van der Waals surface area contributed by atoms with Gasteiger partial charge >= 0.3 is 11.9 Å². The zero-order chi connectivity index (χ0) is 19.4. The second-order valence-corrected chi connectivity index (χ2v) is 7.16. The SMILES string of the molecule is CC(C)(C)c1cc2c(c(C(=O)O)c1C(=O)O)C(=O)c1ccccc1C2=O. The van der Waals surface area contributed by atoms with E-state index in [1.165, 1.54) is 18.2 Å². The quantitative estimate of drug-likeness (QED) is 0.733. The molecule has 0 bridgehead atoms. The fourth-order valence-electron chi connectivity index (χ4n) is 3.28. The summed E-state index contributed by atoms with van der Waals surface area (Å²) in [6.45, 7) is 5.15. The lowest BCUT2D eigenvalue weighted by Crippen LogP contribution is -2.29. The third-order valence-corrected chi connectivity index (χ3v) is 4.45. The van der Waals surface area contributed by atoms with E-state index < -0.39 is 40.0 Å². The Bertz CT molecular complexity index is 1010. The minimum atomic E-state index is -1.55. The maximum atomic E-state index is 12.9. The summed E-state index contributed by atoms with van der Waals surface area (Å²) < 4.78 is 0. The Balaban J connectivity index is 2.52. The molecule has 2 aromatic carbocycles. The van der Waals surface area contributed by atoms with Crippen LogP contribution in [0.1, 0.15) is 78.9 Å². The summed E-state index contributed by atoms with van der Waals surface area (Å²) in [5, 5.41) is 19.3. The van der Waals surface area contributed by atoms with E-state index in [-0.39, 0.29) is 27.8 Å². The number of carboxylic acids is 2. The summed E-state index contributed by atoms with van der Waals surface area (Å²) in [7, 11) is 0. The highest BCUT2D eigenvalue weighted by molar-refractivity contribution is 6.31. The summed E-state index contributed by atoms with van der Waals surface area (Å²) in [6.07, 6.45) is 0. The third kappa shape index (κ3) is 2.42. The highest BCUT2D eigenvalue weighted by atomic mass is 16.4. The first-order valence-corrected chi connectivity index (χ1v) is 7.92. The minimum Gasteiger partial charge on any atom is -0.478 e. The number of aromatic carboxylic acids is 2. The molecule has 0 spiro atoms. The van der Waals surface area contributed by atoms with Gasteiger partial charge in [0.15, 0.2) is 11.6 Å². The molecule has 0 atom stereocenters. The fourth-order valence-corrected chi connectivity index (χ4v) is 3.28. The third-order valence-electron chi connectivity index (χ3n) is 4.45. The number of carbonyl (C=O) groups is 4. The molecule has 0 saturated carbocycles. The van der Waals surface area contributed by atoms with E-state index >= 15 is 0 Å². The van der Waals surface area contributed by atoms with Crippen LogP contribution < -0.4 is 0 Å². The summed E-state index contributed by atoms with van der Waals surface area (Å²) in [4.78, 5) is 49.6. The van der Waals surface area contributed by atoms with Crippen LogP contribution in [0.2, 0.25) is 0 Å². The topological polar surface area (TPSA) is 109 Å². The molecule has 26 heavy (non-hydrogen) atoms. The van der Waals surface area contributed by atoms with Crippen LogP contribution in [0.25, 0.3) is 0 Å². The van der Waals surface area contributed by atoms with Gasteiger partial charge in [-0.2, -0.15) is 0 Å². The molecule has 0 unspecified atom stereocenters. The van der Waals surface area contributed by atoms with Crippen molar-refractivity contribution in [2.24, 2.45) is 0 Å². The van der Waals surface area contributed by atoms with E-state index in [0.29, 0.717) is 0 Å². The van der Waals surface area contributed by atoms with E-state index in [2.05, 4.69) is 0 Å². The second-order valence-electron chi connectivity index (χ2n) is 7.16. The predicted molar refractivity (Wildman–Crippen MR) is 92.4 cm³/mol. The van der Waals surface area contributed by atoms with Crippen molar-refractivity contribution >= 4 is 23.5 Å². The molecule has 0 radical (unpaired) electrons. The van der Waals surface area contributed by atoms with Crippen LogP contribution in [0.3, 0.4) is 0 Å². The first kappa shape index (κ1) is 17.5. The number of benzene rings is 2. The van der Waals surface area contributed by atoms with Gasteiger partial charge in [0.1, 0.15) is 0 Å². The monoisotopic (exact) mass is 352 g/mol. The molecule has 3 rings (SSSR count). The van der Waals surface area contributed by atoms with Gasteiger partial charge in [0.05, 0.1) is 11.1 Å². The molecule has 6 nitrogen and oxygen atoms in total. The van der Waals surface area contributed by atoms with Crippen LogP contribution >= 0.6 is 0 Å². The standard InChI is InChI=1S/C20H16O6/c1-20(2,3)12-8-11-13(15(19(25)26)14(12)18(23)24)17(22)10-7-5-4-6-9(10)16(11)21/h4-8H,1-3H3,(H,23,24)(H,25,26). The van der Waals surface area contributed by atoms with E-state index in [9.17, 15) is 29.4 Å². The van der Waals surface area contributed by atoms with Crippen molar-refractivity contribution in [3.63, 3.8) is 0 Å². The van der Waals surface area contributed by atoms with Gasteiger partial charge in [-0.25, -0.2) is 9.59 Å². The Morgan fingerprint density at radius 3 is 1.77 bits per heavy atom. The lowest BCUT2D eigenvalue weighted by molar-refractivity contribution is 0.0647. The first-order chi connectivity index (χ1) is 12.1. The Hall–Kier alpha value is -3.28. The van der Waals surface area contributed by atoms with Crippen molar-refractivity contribution in [2.75, 3.05) is 0 Å². The van der Waals surface area contributed by atoms with Crippen molar-refractivity contribution in [1.29, 1.82) is 0 Å². The summed E-state index contributed by atoms with van der Waals surface area (Å²) in [6, 6.07) is 7.46. The Kier molecular flexibility index (Phi) is 3.79. The van der Waals surface area contributed by atoms with Crippen LogP contribution in [0.4, 0.5) is 0 Å². The molecule has 0 fully saturated rings. The molecule has 2 aromatic rings. The Morgan fingerprint density at radius 1 is 0.808 bits per heavy atom. The predicted octanol–water partition coefficient (Wildman–Crippen LogP) is 3.16. The first-order valence-electron chi connectivity index (χ1n) is 7.92. The van der Waals surface area contributed by atoms with Crippen LogP contribution in [0, 0.1) is 0 Å². The fraction of sp³-hybridized carbons (Fsp3) is 0.200. The average Bonchev–Trinajstić information content (AvgIpc) is 2.56. The summed E-state index contributed by atoms with van der Waals surface area (Å²) in [5.41, 5.74) is -1.80. The van der Waals surface area contributed by atoms with Crippen molar-refractivity contribution in [2.45, 2.75) is 26.2 Å².